The number of urea groups is 1. The predicted octanol–water partition coefficient (Wildman–Crippen LogP) is 2.46. The maximum atomic E-state index is 12.4. The van der Waals surface area contributed by atoms with Gasteiger partial charge in [-0.05, 0) is 25.0 Å². The topological polar surface area (TPSA) is 120 Å². The zero-order chi connectivity index (χ0) is 20.1. The van der Waals surface area contributed by atoms with Gasteiger partial charge in [-0.25, -0.2) is 9.48 Å². The Morgan fingerprint density at radius 2 is 1.96 bits per heavy atom. The molecule has 1 aromatic carbocycles. The number of benzene rings is 1. The summed E-state index contributed by atoms with van der Waals surface area (Å²) in [5, 5.41) is 14.1. The van der Waals surface area contributed by atoms with E-state index < -0.39 is 11.9 Å². The molecular formula is C19H23N7O2. The molecular weight excluding hydrogens is 358 g/mol. The normalized spacial score (nSPS) is 10.6. The fourth-order valence-electron chi connectivity index (χ4n) is 2.87. The summed E-state index contributed by atoms with van der Waals surface area (Å²) < 4.78 is 3.39. The molecule has 0 radical (unpaired) electrons. The van der Waals surface area contributed by atoms with Gasteiger partial charge in [0.2, 0.25) is 5.91 Å². The van der Waals surface area contributed by atoms with Crippen LogP contribution in [0.3, 0.4) is 0 Å². The number of primary amides is 1. The van der Waals surface area contributed by atoms with Crippen molar-refractivity contribution in [2.24, 2.45) is 5.73 Å². The monoisotopic (exact) mass is 381 g/mol. The Labute approximate surface area is 162 Å². The zero-order valence-corrected chi connectivity index (χ0v) is 15.8. The van der Waals surface area contributed by atoms with E-state index in [1.165, 1.54) is 0 Å². The van der Waals surface area contributed by atoms with Gasteiger partial charge in [-0.3, -0.25) is 14.8 Å². The Hall–Kier alpha value is -3.62. The number of hydrogen-bond acceptors (Lipinski definition) is 4. The average molecular weight is 381 g/mol. The summed E-state index contributed by atoms with van der Waals surface area (Å²) in [5.41, 5.74) is 8.73. The third-order valence-electron chi connectivity index (χ3n) is 4.27. The van der Waals surface area contributed by atoms with E-state index in [4.69, 9.17) is 5.73 Å². The van der Waals surface area contributed by atoms with Gasteiger partial charge in [0.25, 0.3) is 0 Å². The Morgan fingerprint density at radius 3 is 2.68 bits per heavy atom. The van der Waals surface area contributed by atoms with Gasteiger partial charge in [-0.15, -0.1) is 0 Å². The predicted molar refractivity (Wildman–Crippen MR) is 106 cm³/mol. The molecule has 3 aromatic rings. The first-order valence-corrected chi connectivity index (χ1v) is 9.00. The highest BCUT2D eigenvalue weighted by Gasteiger charge is 2.15. The van der Waals surface area contributed by atoms with Crippen LogP contribution in [0.4, 0.5) is 16.3 Å². The lowest BCUT2D eigenvalue weighted by atomic mass is 10.2. The molecule has 0 bridgehead atoms. The fourth-order valence-corrected chi connectivity index (χ4v) is 2.87. The Balaban J connectivity index is 1.69. The molecule has 4 N–H and O–H groups in total. The Morgan fingerprint density at radius 1 is 1.18 bits per heavy atom. The molecule has 3 rings (SSSR count). The first kappa shape index (κ1) is 19.2. The van der Waals surface area contributed by atoms with Gasteiger partial charge in [-0.2, -0.15) is 10.2 Å². The molecule has 2 aromatic heterocycles. The van der Waals surface area contributed by atoms with Crippen molar-refractivity contribution in [2.45, 2.75) is 33.2 Å². The molecule has 0 saturated heterocycles. The first-order valence-electron chi connectivity index (χ1n) is 9.00. The van der Waals surface area contributed by atoms with Crippen molar-refractivity contribution in [1.29, 1.82) is 0 Å². The van der Waals surface area contributed by atoms with Crippen molar-refractivity contribution >= 4 is 23.4 Å². The Kier molecular flexibility index (Phi) is 5.73. The van der Waals surface area contributed by atoms with Gasteiger partial charge >= 0.3 is 6.03 Å². The highest BCUT2D eigenvalue weighted by molar-refractivity contribution is 5.99. The number of carbonyl (C=O) groups excluding carboxylic acids is 2. The third-order valence-corrected chi connectivity index (χ3v) is 4.27. The van der Waals surface area contributed by atoms with Crippen LogP contribution in [0, 0.1) is 6.92 Å². The molecule has 146 valence electrons. The standard InChI is InChI=1S/C19H23N7O2/c1-3-15-14(12-21-26(15)16-7-5-4-6-13(16)2)22-19(28)23-18-9-11-25(24-18)10-8-17(20)27/h4-7,9,11-12H,3,8,10H2,1-2H3,(H2,20,27)(H2,22,23,24,28). The Bertz CT molecular complexity index is 990. The highest BCUT2D eigenvalue weighted by Crippen LogP contribution is 2.22. The molecule has 0 saturated carbocycles. The number of aromatic nitrogens is 4. The van der Waals surface area contributed by atoms with Crippen LogP contribution in [0.25, 0.3) is 5.69 Å². The van der Waals surface area contributed by atoms with Gasteiger partial charge in [0.15, 0.2) is 5.82 Å². The van der Waals surface area contributed by atoms with Crippen LogP contribution < -0.4 is 16.4 Å². The van der Waals surface area contributed by atoms with E-state index in [1.807, 2.05) is 42.8 Å². The molecule has 9 heteroatoms. The van der Waals surface area contributed by atoms with Crippen LogP contribution in [0.1, 0.15) is 24.6 Å². The molecule has 0 spiro atoms. The number of para-hydroxylation sites is 1. The van der Waals surface area contributed by atoms with Crippen molar-refractivity contribution in [2.75, 3.05) is 10.6 Å². The number of carbonyl (C=O) groups is 2. The van der Waals surface area contributed by atoms with E-state index in [9.17, 15) is 9.59 Å². The SMILES string of the molecule is CCc1c(NC(=O)Nc2ccn(CCC(N)=O)n2)cnn1-c1ccccc1C. The molecule has 0 fully saturated rings. The number of aryl methyl sites for hydroxylation is 2. The number of anilines is 2. The van der Waals surface area contributed by atoms with E-state index in [1.54, 1.807) is 23.1 Å². The van der Waals surface area contributed by atoms with Crippen molar-refractivity contribution < 1.29 is 9.59 Å². The molecule has 0 aliphatic rings. The second-order valence-corrected chi connectivity index (χ2v) is 6.32. The number of nitrogens with zero attached hydrogens (tertiary/aromatic N) is 4. The number of hydrogen-bond donors (Lipinski definition) is 3. The fraction of sp³-hybridized carbons (Fsp3) is 0.263. The second kappa shape index (κ2) is 8.38. The molecule has 0 unspecified atom stereocenters. The van der Waals surface area contributed by atoms with Gasteiger partial charge in [0, 0.05) is 25.2 Å². The maximum Gasteiger partial charge on any atom is 0.324 e. The maximum absolute atomic E-state index is 12.4. The summed E-state index contributed by atoms with van der Waals surface area (Å²) in [5.74, 6) is -0.0215. The number of amides is 3. The summed E-state index contributed by atoms with van der Waals surface area (Å²) in [4.78, 5) is 23.2. The highest BCUT2D eigenvalue weighted by atomic mass is 16.2. The number of nitrogens with two attached hydrogens (primary N) is 1. The van der Waals surface area contributed by atoms with Gasteiger partial charge in [-0.1, -0.05) is 25.1 Å². The summed E-state index contributed by atoms with van der Waals surface area (Å²) in [7, 11) is 0. The van der Waals surface area contributed by atoms with Crippen LogP contribution >= 0.6 is 0 Å². The molecule has 0 aliphatic heterocycles. The molecule has 0 atom stereocenters. The van der Waals surface area contributed by atoms with Crippen molar-refractivity contribution in [3.05, 3.63) is 54.0 Å². The second-order valence-electron chi connectivity index (χ2n) is 6.32. The van der Waals surface area contributed by atoms with Gasteiger partial charge in [0.05, 0.1) is 23.3 Å². The largest absolute Gasteiger partial charge is 0.370 e. The smallest absolute Gasteiger partial charge is 0.324 e. The van der Waals surface area contributed by atoms with Crippen LogP contribution in [-0.2, 0) is 17.8 Å². The van der Waals surface area contributed by atoms with Crippen LogP contribution in [0.5, 0.6) is 0 Å². The molecule has 2 heterocycles. The summed E-state index contributed by atoms with van der Waals surface area (Å²) in [6, 6.07) is 9.17. The quantitative estimate of drug-likeness (QED) is 0.582. The summed E-state index contributed by atoms with van der Waals surface area (Å²) in [6.07, 6.45) is 4.19. The van der Waals surface area contributed by atoms with Gasteiger partial charge in [0.1, 0.15) is 0 Å². The minimum atomic E-state index is -0.417. The minimum Gasteiger partial charge on any atom is -0.370 e. The number of nitrogens with one attached hydrogen (secondary N) is 2. The summed E-state index contributed by atoms with van der Waals surface area (Å²) >= 11 is 0. The minimum absolute atomic E-state index is 0.186. The number of rotatable bonds is 7. The molecule has 3 amide bonds. The first-order chi connectivity index (χ1) is 13.5. The van der Waals surface area contributed by atoms with Crippen LogP contribution in [0.2, 0.25) is 0 Å². The van der Waals surface area contributed by atoms with Gasteiger partial charge < -0.3 is 11.1 Å². The van der Waals surface area contributed by atoms with Crippen molar-refractivity contribution in [3.8, 4) is 5.69 Å². The van der Waals surface area contributed by atoms with Crippen molar-refractivity contribution in [1.82, 2.24) is 19.6 Å². The lowest BCUT2D eigenvalue weighted by Crippen LogP contribution is -2.21. The molecule has 9 nitrogen and oxygen atoms in total. The van der Waals surface area contributed by atoms with E-state index in [0.29, 0.717) is 24.5 Å². The molecule has 0 aliphatic carbocycles. The van der Waals surface area contributed by atoms with Crippen LogP contribution in [0.15, 0.2) is 42.7 Å². The van der Waals surface area contributed by atoms with E-state index in [-0.39, 0.29) is 6.42 Å². The third kappa shape index (κ3) is 4.37. The average Bonchev–Trinajstić information content (AvgIpc) is 3.27. The summed E-state index contributed by atoms with van der Waals surface area (Å²) in [6.45, 7) is 4.39. The van der Waals surface area contributed by atoms with Crippen LogP contribution in [-0.4, -0.2) is 31.5 Å². The molecule has 28 heavy (non-hydrogen) atoms. The van der Waals surface area contributed by atoms with E-state index in [0.717, 1.165) is 16.9 Å². The lowest BCUT2D eigenvalue weighted by Gasteiger charge is -2.11. The van der Waals surface area contributed by atoms with Crippen molar-refractivity contribution in [3.63, 3.8) is 0 Å². The van der Waals surface area contributed by atoms with E-state index in [2.05, 4.69) is 20.8 Å². The lowest BCUT2D eigenvalue weighted by molar-refractivity contribution is -0.118. The zero-order valence-electron chi connectivity index (χ0n) is 15.8. The van der Waals surface area contributed by atoms with E-state index >= 15 is 0 Å².